The van der Waals surface area contributed by atoms with E-state index in [4.69, 9.17) is 9.66 Å². The van der Waals surface area contributed by atoms with E-state index < -0.39 is 15.2 Å². The van der Waals surface area contributed by atoms with Gasteiger partial charge in [0.2, 0.25) is 0 Å². The van der Waals surface area contributed by atoms with Gasteiger partial charge in [0, 0.05) is 5.73 Å². The van der Waals surface area contributed by atoms with Crippen LogP contribution in [0.1, 0.15) is 0 Å². The largest absolute Gasteiger partial charge is 0.491 e. The van der Waals surface area contributed by atoms with Gasteiger partial charge in [-0.2, -0.15) is 8.42 Å². The Morgan fingerprint density at radius 2 is 1.91 bits per heavy atom. The van der Waals surface area contributed by atoms with Crippen molar-refractivity contribution in [3.05, 3.63) is 34.6 Å². The summed E-state index contributed by atoms with van der Waals surface area (Å²) >= 11 is 0. The molecule has 0 saturated heterocycles. The van der Waals surface area contributed by atoms with E-state index in [0.717, 1.165) is 0 Å². The van der Waals surface area contributed by atoms with Gasteiger partial charge in [0.25, 0.3) is 5.09 Å². The van der Waals surface area contributed by atoms with Gasteiger partial charge < -0.3 is 5.11 Å². The van der Waals surface area contributed by atoms with Gasteiger partial charge in [-0.1, -0.05) is 5.73 Å². The highest BCUT2D eigenvalue weighted by Gasteiger charge is 2.09. The Kier molecular flexibility index (Phi) is 3.19. The van der Waals surface area contributed by atoms with Crippen LogP contribution in [-0.2, 0) is 10.1 Å². The molecule has 4 nitrogen and oxygen atoms in total. The van der Waals surface area contributed by atoms with Crippen LogP contribution in [0.15, 0.2) is 34.6 Å². The van der Waals surface area contributed by atoms with Crippen molar-refractivity contribution in [1.82, 2.24) is 0 Å². The van der Waals surface area contributed by atoms with E-state index in [2.05, 4.69) is 18.0 Å². The molecular weight excluding hydrogens is 168 g/mol. The van der Waals surface area contributed by atoms with E-state index in [1.54, 1.807) is 5.73 Å². The molecule has 5 heteroatoms. The van der Waals surface area contributed by atoms with Crippen LogP contribution in [0.5, 0.6) is 0 Å². The zero-order valence-electron chi connectivity index (χ0n) is 5.33. The van der Waals surface area contributed by atoms with Gasteiger partial charge in [-0.25, -0.2) is 0 Å². The van der Waals surface area contributed by atoms with Crippen LogP contribution in [0.3, 0.4) is 0 Å². The minimum atomic E-state index is -4.57. The van der Waals surface area contributed by atoms with Gasteiger partial charge in [0.1, 0.15) is 0 Å². The second kappa shape index (κ2) is 3.67. The van der Waals surface area contributed by atoms with Gasteiger partial charge in [-0.05, 0) is 18.0 Å². The van der Waals surface area contributed by atoms with Gasteiger partial charge in [-0.15, -0.1) is 0 Å². The number of aliphatic hydroxyl groups excluding tert-OH is 1. The number of hydrogen-bond donors (Lipinski definition) is 2. The second-order valence-corrected chi connectivity index (χ2v) is 2.67. The predicted octanol–water partition coefficient (Wildman–Crippen LogP) is 0.524. The number of rotatable bonds is 1. The molecule has 0 aliphatic carbocycles. The fourth-order valence-corrected chi connectivity index (χ4v) is 0.373. The summed E-state index contributed by atoms with van der Waals surface area (Å²) in [5.74, 6) is 0. The van der Waals surface area contributed by atoms with Crippen molar-refractivity contribution < 1.29 is 18.1 Å². The summed E-state index contributed by atoms with van der Waals surface area (Å²) in [4.78, 5) is 0. The minimum absolute atomic E-state index is 1.32. The Morgan fingerprint density at radius 1 is 1.36 bits per heavy atom. The SMILES string of the molecule is C=C=C=C=C=C(O)S(=O)(=O)O. The summed E-state index contributed by atoms with van der Waals surface area (Å²) < 4.78 is 28.2. The lowest BCUT2D eigenvalue weighted by Crippen LogP contribution is -1.98. The molecule has 0 aromatic rings. The molecule has 0 heterocycles. The molecule has 11 heavy (non-hydrogen) atoms. The maximum atomic E-state index is 10.0. The Bertz CT molecular complexity index is 392. The fraction of sp³-hybridized carbons (Fsp3) is 0. The lowest BCUT2D eigenvalue weighted by molar-refractivity contribution is 0.407. The van der Waals surface area contributed by atoms with Crippen molar-refractivity contribution in [2.75, 3.05) is 0 Å². The summed E-state index contributed by atoms with van der Waals surface area (Å²) in [6.45, 7) is 3.08. The van der Waals surface area contributed by atoms with Crippen molar-refractivity contribution in [1.29, 1.82) is 0 Å². The topological polar surface area (TPSA) is 74.6 Å². The van der Waals surface area contributed by atoms with Gasteiger partial charge in [0.05, 0.1) is 0 Å². The van der Waals surface area contributed by atoms with Crippen LogP contribution in [-0.4, -0.2) is 18.1 Å². The van der Waals surface area contributed by atoms with E-state index in [-0.39, 0.29) is 0 Å². The monoisotopic (exact) mass is 172 g/mol. The third-order valence-electron chi connectivity index (χ3n) is 0.565. The van der Waals surface area contributed by atoms with E-state index in [0.29, 0.717) is 0 Å². The third kappa shape index (κ3) is 4.04. The van der Waals surface area contributed by atoms with Crippen LogP contribution in [0.4, 0.5) is 0 Å². The molecule has 0 aromatic carbocycles. The first-order chi connectivity index (χ1) is 4.98. The van der Waals surface area contributed by atoms with Crippen LogP contribution < -0.4 is 0 Å². The highest BCUT2D eigenvalue weighted by Crippen LogP contribution is 1.93. The highest BCUT2D eigenvalue weighted by atomic mass is 32.2. The van der Waals surface area contributed by atoms with E-state index in [1.807, 2.05) is 5.73 Å². The van der Waals surface area contributed by atoms with E-state index in [1.165, 1.54) is 0 Å². The van der Waals surface area contributed by atoms with Crippen molar-refractivity contribution in [3.63, 3.8) is 0 Å². The Hall–Kier alpha value is -1.43. The zero-order chi connectivity index (χ0) is 8.91. The van der Waals surface area contributed by atoms with Gasteiger partial charge in [-0.3, -0.25) is 4.55 Å². The molecule has 58 valence electrons. The molecule has 0 aliphatic heterocycles. The first-order valence-corrected chi connectivity index (χ1v) is 3.74. The molecule has 0 saturated carbocycles. The Morgan fingerprint density at radius 3 is 2.27 bits per heavy atom. The lowest BCUT2D eigenvalue weighted by Gasteiger charge is -1.84. The molecule has 0 spiro atoms. The standard InChI is InChI=1S/C6H4O4S/c1-2-3-4-5-6(7)11(8,9)10/h7H,1H2,(H,8,9,10). The molecule has 0 rings (SSSR count). The molecule has 0 aromatic heterocycles. The van der Waals surface area contributed by atoms with Gasteiger partial charge >= 0.3 is 10.1 Å². The normalized spacial score (nSPS) is 8.45. The Labute approximate surface area is 63.5 Å². The quantitative estimate of drug-likeness (QED) is 0.343. The second-order valence-electron chi connectivity index (χ2n) is 1.33. The van der Waals surface area contributed by atoms with E-state index in [9.17, 15) is 8.42 Å². The molecule has 2 N–H and O–H groups in total. The molecule has 0 bridgehead atoms. The average Bonchev–Trinajstić information content (AvgIpc) is 1.86. The third-order valence-corrected chi connectivity index (χ3v) is 1.16. The molecule has 0 amide bonds. The summed E-state index contributed by atoms with van der Waals surface area (Å²) in [7, 11) is -4.57. The van der Waals surface area contributed by atoms with Crippen LogP contribution in [0.25, 0.3) is 0 Å². The van der Waals surface area contributed by atoms with Crippen LogP contribution >= 0.6 is 0 Å². The van der Waals surface area contributed by atoms with Crippen LogP contribution in [0.2, 0.25) is 0 Å². The summed E-state index contributed by atoms with van der Waals surface area (Å²) in [5.41, 5.74) is 7.81. The van der Waals surface area contributed by atoms with Crippen molar-refractivity contribution >= 4 is 10.1 Å². The summed E-state index contributed by atoms with van der Waals surface area (Å²) in [6, 6.07) is 0. The zero-order valence-corrected chi connectivity index (χ0v) is 6.14. The Balaban J connectivity index is 5.42. The van der Waals surface area contributed by atoms with Crippen molar-refractivity contribution in [3.8, 4) is 0 Å². The molecule has 0 aliphatic rings. The van der Waals surface area contributed by atoms with E-state index >= 15 is 0 Å². The molecule has 0 radical (unpaired) electrons. The molecular formula is C6H4O4S. The lowest BCUT2D eigenvalue weighted by atomic mass is 10.7. The van der Waals surface area contributed by atoms with Crippen molar-refractivity contribution in [2.24, 2.45) is 0 Å². The molecule has 0 unspecified atom stereocenters. The first-order valence-electron chi connectivity index (χ1n) is 2.30. The van der Waals surface area contributed by atoms with Gasteiger partial charge in [0.15, 0.2) is 0 Å². The number of aliphatic hydroxyl groups is 1. The summed E-state index contributed by atoms with van der Waals surface area (Å²) in [5, 5.41) is 7.11. The molecule has 0 atom stereocenters. The fourth-order valence-electron chi connectivity index (χ4n) is 0.193. The average molecular weight is 172 g/mol. The summed E-state index contributed by atoms with van der Waals surface area (Å²) in [6.07, 6.45) is 0. The minimum Gasteiger partial charge on any atom is -0.491 e. The maximum absolute atomic E-state index is 10.0. The number of hydrogen-bond acceptors (Lipinski definition) is 3. The molecule has 0 fully saturated rings. The highest BCUT2D eigenvalue weighted by molar-refractivity contribution is 7.89. The first kappa shape index (κ1) is 9.57. The predicted molar refractivity (Wildman–Crippen MR) is 37.4 cm³/mol. The van der Waals surface area contributed by atoms with Crippen LogP contribution in [0, 0.1) is 0 Å². The van der Waals surface area contributed by atoms with Crippen molar-refractivity contribution in [2.45, 2.75) is 0 Å². The maximum Gasteiger partial charge on any atom is 0.336 e. The smallest absolute Gasteiger partial charge is 0.336 e.